The first-order chi connectivity index (χ1) is 7.62. The molecule has 0 unspecified atom stereocenters. The van der Waals surface area contributed by atoms with E-state index in [9.17, 15) is 4.79 Å². The molecule has 1 aromatic carbocycles. The molecule has 0 aliphatic heterocycles. The van der Waals surface area contributed by atoms with E-state index >= 15 is 0 Å². The lowest BCUT2D eigenvalue weighted by molar-refractivity contribution is -0.140. The van der Waals surface area contributed by atoms with E-state index in [0.717, 1.165) is 0 Å². The largest absolute Gasteiger partial charge is 0.480 e. The minimum absolute atomic E-state index is 0.289. The maximum Gasteiger partial charge on any atom is 0.319 e. The summed E-state index contributed by atoms with van der Waals surface area (Å²) in [4.78, 5) is 15.3. The maximum atomic E-state index is 11.1. The second-order valence-electron chi connectivity index (χ2n) is 4.02. The van der Waals surface area contributed by atoms with Gasteiger partial charge >= 0.3 is 5.97 Å². The van der Waals surface area contributed by atoms with Crippen LogP contribution in [0.2, 0.25) is 5.02 Å². The smallest absolute Gasteiger partial charge is 0.319 e. The zero-order valence-corrected chi connectivity index (χ0v) is 8.99. The van der Waals surface area contributed by atoms with Crippen molar-refractivity contribution < 1.29 is 14.3 Å². The lowest BCUT2D eigenvalue weighted by atomic mass is 10.1. The number of aliphatic carboxylic acids is 1. The number of hydrogen-bond donors (Lipinski definition) is 1. The molecule has 1 aromatic heterocycles. The predicted molar refractivity (Wildman–Crippen MR) is 57.6 cm³/mol. The van der Waals surface area contributed by atoms with Gasteiger partial charge in [0, 0.05) is 11.1 Å². The monoisotopic (exact) mass is 237 g/mol. The topological polar surface area (TPSA) is 63.3 Å². The maximum absolute atomic E-state index is 11.1. The van der Waals surface area contributed by atoms with Crippen LogP contribution in [-0.2, 0) is 10.2 Å². The Kier molecular flexibility index (Phi) is 1.80. The Morgan fingerprint density at radius 1 is 1.50 bits per heavy atom. The van der Waals surface area contributed by atoms with Crippen LogP contribution >= 0.6 is 11.6 Å². The number of rotatable bonds is 2. The van der Waals surface area contributed by atoms with Gasteiger partial charge < -0.3 is 9.52 Å². The van der Waals surface area contributed by atoms with Gasteiger partial charge in [-0.25, -0.2) is 4.98 Å². The molecule has 3 rings (SSSR count). The van der Waals surface area contributed by atoms with Gasteiger partial charge in [0.05, 0.1) is 0 Å². The van der Waals surface area contributed by atoms with Gasteiger partial charge in [0.25, 0.3) is 0 Å². The summed E-state index contributed by atoms with van der Waals surface area (Å²) in [5.41, 5.74) is 0.285. The number of fused-ring (bicyclic) bond motifs is 1. The Balaban J connectivity index is 2.16. The number of halogens is 1. The minimum atomic E-state index is -0.897. The van der Waals surface area contributed by atoms with Crippen LogP contribution in [0.4, 0.5) is 0 Å². The van der Waals surface area contributed by atoms with E-state index < -0.39 is 11.4 Å². The summed E-state index contributed by atoms with van der Waals surface area (Å²) in [5.74, 6) is -0.581. The van der Waals surface area contributed by atoms with Crippen molar-refractivity contribution in [1.29, 1.82) is 0 Å². The average Bonchev–Trinajstić information content (AvgIpc) is 2.94. The third kappa shape index (κ3) is 1.23. The summed E-state index contributed by atoms with van der Waals surface area (Å²) < 4.78 is 5.46. The number of oxazole rings is 1. The molecule has 1 N–H and O–H groups in total. The second kappa shape index (κ2) is 2.98. The van der Waals surface area contributed by atoms with Crippen molar-refractivity contribution in [3.8, 4) is 0 Å². The molecule has 0 radical (unpaired) electrons. The van der Waals surface area contributed by atoms with Gasteiger partial charge in [-0.3, -0.25) is 4.79 Å². The van der Waals surface area contributed by atoms with E-state index in [1.54, 1.807) is 18.2 Å². The van der Waals surface area contributed by atoms with E-state index in [1.807, 2.05) is 0 Å². The molecular formula is C11H8ClNO3. The molecule has 82 valence electrons. The lowest BCUT2D eigenvalue weighted by Crippen LogP contribution is -2.19. The fourth-order valence-corrected chi connectivity index (χ4v) is 1.91. The standard InChI is InChI=1S/C11H8ClNO3/c12-6-1-2-7-8(5-6)16-9(13-7)11(3-4-11)10(14)15/h1-2,5H,3-4H2,(H,14,15). The molecule has 0 spiro atoms. The number of nitrogens with zero attached hydrogens (tertiary/aromatic N) is 1. The van der Waals surface area contributed by atoms with Crippen molar-refractivity contribution in [3.63, 3.8) is 0 Å². The van der Waals surface area contributed by atoms with Crippen LogP contribution in [0.25, 0.3) is 11.1 Å². The Morgan fingerprint density at radius 3 is 2.88 bits per heavy atom. The second-order valence-corrected chi connectivity index (χ2v) is 4.45. The molecule has 0 atom stereocenters. The van der Waals surface area contributed by atoms with Crippen LogP contribution in [0, 0.1) is 0 Å². The molecule has 1 aliphatic rings. The highest BCUT2D eigenvalue weighted by molar-refractivity contribution is 6.31. The molecule has 16 heavy (non-hydrogen) atoms. The summed E-state index contributed by atoms with van der Waals surface area (Å²) in [5, 5.41) is 9.66. The van der Waals surface area contributed by atoms with Crippen LogP contribution < -0.4 is 0 Å². The highest BCUT2D eigenvalue weighted by Gasteiger charge is 2.56. The number of carboxylic acids is 1. The first-order valence-electron chi connectivity index (χ1n) is 4.92. The molecule has 1 fully saturated rings. The molecule has 0 bridgehead atoms. The Hall–Kier alpha value is -1.55. The zero-order valence-electron chi connectivity index (χ0n) is 8.24. The molecule has 2 aromatic rings. The predicted octanol–water partition coefficient (Wildman–Crippen LogP) is 2.60. The molecule has 5 heteroatoms. The van der Waals surface area contributed by atoms with Crippen molar-refractivity contribution in [2.24, 2.45) is 0 Å². The van der Waals surface area contributed by atoms with Crippen molar-refractivity contribution in [3.05, 3.63) is 29.1 Å². The van der Waals surface area contributed by atoms with E-state index in [2.05, 4.69) is 4.98 Å². The van der Waals surface area contributed by atoms with Gasteiger partial charge in [0.2, 0.25) is 5.89 Å². The minimum Gasteiger partial charge on any atom is -0.480 e. The van der Waals surface area contributed by atoms with Crippen LogP contribution in [0.3, 0.4) is 0 Å². The number of carboxylic acid groups (broad SMARTS) is 1. The summed E-state index contributed by atoms with van der Waals surface area (Å²) in [7, 11) is 0. The molecule has 1 heterocycles. The van der Waals surface area contributed by atoms with Gasteiger partial charge in [-0.1, -0.05) is 11.6 Å². The van der Waals surface area contributed by atoms with Crippen LogP contribution in [0.1, 0.15) is 18.7 Å². The molecular weight excluding hydrogens is 230 g/mol. The van der Waals surface area contributed by atoms with E-state index in [1.165, 1.54) is 0 Å². The van der Waals surface area contributed by atoms with Gasteiger partial charge in [0.1, 0.15) is 10.9 Å². The Morgan fingerprint density at radius 2 is 2.25 bits per heavy atom. The summed E-state index contributed by atoms with van der Waals surface area (Å²) in [6, 6.07) is 5.07. The van der Waals surface area contributed by atoms with Crippen LogP contribution in [0.5, 0.6) is 0 Å². The normalized spacial score (nSPS) is 17.6. The van der Waals surface area contributed by atoms with Gasteiger partial charge in [-0.2, -0.15) is 0 Å². The SMILES string of the molecule is O=C(O)C1(c2nc3ccc(Cl)cc3o2)CC1. The zero-order chi connectivity index (χ0) is 11.3. The summed E-state index contributed by atoms with van der Waals surface area (Å²) in [6.45, 7) is 0. The molecule has 1 saturated carbocycles. The van der Waals surface area contributed by atoms with Gasteiger partial charge in [-0.05, 0) is 25.0 Å². The Labute approximate surface area is 95.8 Å². The van der Waals surface area contributed by atoms with E-state index in [0.29, 0.717) is 29.0 Å². The first kappa shape index (κ1) is 9.66. The number of hydrogen-bond acceptors (Lipinski definition) is 3. The third-order valence-corrected chi connectivity index (χ3v) is 3.15. The summed E-state index contributed by atoms with van der Waals surface area (Å²) >= 11 is 5.82. The number of benzene rings is 1. The number of carbonyl (C=O) groups is 1. The highest BCUT2D eigenvalue weighted by Crippen LogP contribution is 2.48. The van der Waals surface area contributed by atoms with Gasteiger partial charge in [-0.15, -0.1) is 0 Å². The van der Waals surface area contributed by atoms with Crippen LogP contribution in [0.15, 0.2) is 22.6 Å². The third-order valence-electron chi connectivity index (χ3n) is 2.92. The number of aromatic nitrogens is 1. The van der Waals surface area contributed by atoms with Crippen molar-refractivity contribution in [2.45, 2.75) is 18.3 Å². The van der Waals surface area contributed by atoms with Gasteiger partial charge in [0.15, 0.2) is 5.58 Å². The van der Waals surface area contributed by atoms with Crippen molar-refractivity contribution >= 4 is 28.7 Å². The van der Waals surface area contributed by atoms with Crippen LogP contribution in [-0.4, -0.2) is 16.1 Å². The fraction of sp³-hybridized carbons (Fsp3) is 0.273. The first-order valence-corrected chi connectivity index (χ1v) is 5.30. The quantitative estimate of drug-likeness (QED) is 0.872. The van der Waals surface area contributed by atoms with E-state index in [-0.39, 0.29) is 5.89 Å². The Bertz CT molecular complexity index is 586. The van der Waals surface area contributed by atoms with Crippen molar-refractivity contribution in [2.75, 3.05) is 0 Å². The molecule has 0 saturated heterocycles. The average molecular weight is 238 g/mol. The van der Waals surface area contributed by atoms with E-state index in [4.69, 9.17) is 21.1 Å². The highest BCUT2D eigenvalue weighted by atomic mass is 35.5. The molecule has 1 aliphatic carbocycles. The summed E-state index contributed by atoms with van der Waals surface area (Å²) in [6.07, 6.45) is 1.17. The van der Waals surface area contributed by atoms with Crippen molar-refractivity contribution in [1.82, 2.24) is 4.98 Å². The fourth-order valence-electron chi connectivity index (χ4n) is 1.75. The lowest BCUT2D eigenvalue weighted by Gasteiger charge is -2.01. The molecule has 0 amide bonds. The molecule has 4 nitrogen and oxygen atoms in total.